The number of carbonyl (C=O) groups is 1. The van der Waals surface area contributed by atoms with E-state index in [9.17, 15) is 4.79 Å². The first-order valence-corrected chi connectivity index (χ1v) is 8.92. The molecule has 1 aliphatic rings. The average molecular weight is 360 g/mol. The summed E-state index contributed by atoms with van der Waals surface area (Å²) in [7, 11) is 0. The number of para-hydroxylation sites is 1. The van der Waals surface area contributed by atoms with E-state index in [4.69, 9.17) is 9.47 Å². The Bertz CT molecular complexity index is 926. The van der Waals surface area contributed by atoms with Crippen LogP contribution in [0, 0.1) is 0 Å². The molecule has 0 aliphatic carbocycles. The van der Waals surface area contributed by atoms with E-state index in [0.717, 1.165) is 12.1 Å². The molecule has 5 nitrogen and oxygen atoms in total. The SMILES string of the molecule is C[C@@H]1Cc2ccccc2N1C(=O)COc1ccc(Oc2ccccn2)cc1. The number of anilines is 1. The van der Waals surface area contributed by atoms with Crippen molar-refractivity contribution in [2.45, 2.75) is 19.4 Å². The molecule has 1 atom stereocenters. The summed E-state index contributed by atoms with van der Waals surface area (Å²) in [5.41, 5.74) is 2.19. The van der Waals surface area contributed by atoms with Crippen LogP contribution in [0.15, 0.2) is 72.9 Å². The quantitative estimate of drug-likeness (QED) is 0.683. The summed E-state index contributed by atoms with van der Waals surface area (Å²) in [6.45, 7) is 2.06. The summed E-state index contributed by atoms with van der Waals surface area (Å²) in [6.07, 6.45) is 2.55. The highest BCUT2D eigenvalue weighted by Gasteiger charge is 2.30. The maximum atomic E-state index is 12.7. The third-order valence-electron chi connectivity index (χ3n) is 4.52. The predicted octanol–water partition coefficient (Wildman–Crippen LogP) is 4.23. The van der Waals surface area contributed by atoms with Crippen molar-refractivity contribution < 1.29 is 14.3 Å². The van der Waals surface area contributed by atoms with Gasteiger partial charge < -0.3 is 14.4 Å². The number of amides is 1. The van der Waals surface area contributed by atoms with Crippen LogP contribution in [0.1, 0.15) is 12.5 Å². The number of pyridine rings is 1. The highest BCUT2D eigenvalue weighted by atomic mass is 16.5. The molecular formula is C22H20N2O3. The number of ether oxygens (including phenoxy) is 2. The summed E-state index contributed by atoms with van der Waals surface area (Å²) < 4.78 is 11.3. The van der Waals surface area contributed by atoms with Crippen molar-refractivity contribution in [1.82, 2.24) is 4.98 Å². The number of carbonyl (C=O) groups excluding carboxylic acids is 1. The van der Waals surface area contributed by atoms with Crippen LogP contribution < -0.4 is 14.4 Å². The second kappa shape index (κ2) is 7.50. The minimum absolute atomic E-state index is 0.000874. The Hall–Kier alpha value is -3.34. The van der Waals surface area contributed by atoms with Crippen molar-refractivity contribution in [2.75, 3.05) is 11.5 Å². The lowest BCUT2D eigenvalue weighted by molar-refractivity contribution is -0.120. The first-order valence-electron chi connectivity index (χ1n) is 8.92. The number of aromatic nitrogens is 1. The van der Waals surface area contributed by atoms with Crippen LogP contribution in [0.5, 0.6) is 17.4 Å². The maximum absolute atomic E-state index is 12.7. The molecule has 0 saturated heterocycles. The zero-order chi connectivity index (χ0) is 18.6. The first kappa shape index (κ1) is 17.1. The smallest absolute Gasteiger partial charge is 0.265 e. The zero-order valence-corrected chi connectivity index (χ0v) is 15.0. The van der Waals surface area contributed by atoms with Crippen LogP contribution in [-0.4, -0.2) is 23.5 Å². The van der Waals surface area contributed by atoms with E-state index in [1.807, 2.05) is 35.2 Å². The first-order chi connectivity index (χ1) is 13.2. The van der Waals surface area contributed by atoms with Gasteiger partial charge in [-0.05, 0) is 55.3 Å². The standard InChI is InChI=1S/C22H20N2O3/c1-16-14-17-6-2-3-7-20(17)24(16)22(25)15-26-18-9-11-19(12-10-18)27-21-8-4-5-13-23-21/h2-13,16H,14-15H2,1H3/t16-/m1/s1. The number of fused-ring (bicyclic) bond motifs is 1. The molecule has 136 valence electrons. The molecule has 0 unspecified atom stereocenters. The number of hydrogen-bond acceptors (Lipinski definition) is 4. The van der Waals surface area contributed by atoms with Gasteiger partial charge in [-0.2, -0.15) is 0 Å². The van der Waals surface area contributed by atoms with E-state index in [2.05, 4.69) is 18.0 Å². The van der Waals surface area contributed by atoms with Gasteiger partial charge in [-0.15, -0.1) is 0 Å². The van der Waals surface area contributed by atoms with Gasteiger partial charge in [0.2, 0.25) is 5.88 Å². The minimum Gasteiger partial charge on any atom is -0.484 e. The van der Waals surface area contributed by atoms with Gasteiger partial charge in [0, 0.05) is 24.0 Å². The molecule has 1 amide bonds. The summed E-state index contributed by atoms with van der Waals surface area (Å²) in [4.78, 5) is 18.6. The molecule has 1 aliphatic heterocycles. The Kier molecular flexibility index (Phi) is 4.75. The van der Waals surface area contributed by atoms with Crippen molar-refractivity contribution in [3.05, 3.63) is 78.5 Å². The van der Waals surface area contributed by atoms with Crippen molar-refractivity contribution in [1.29, 1.82) is 0 Å². The molecule has 0 N–H and O–H groups in total. The molecule has 0 spiro atoms. The highest BCUT2D eigenvalue weighted by molar-refractivity contribution is 5.97. The molecule has 1 aromatic heterocycles. The fraction of sp³-hybridized carbons (Fsp3) is 0.182. The fourth-order valence-electron chi connectivity index (χ4n) is 3.29. The fourth-order valence-corrected chi connectivity index (χ4v) is 3.29. The molecule has 0 bridgehead atoms. The highest BCUT2D eigenvalue weighted by Crippen LogP contribution is 2.32. The van der Waals surface area contributed by atoms with Crippen LogP contribution in [0.4, 0.5) is 5.69 Å². The number of benzene rings is 2. The van der Waals surface area contributed by atoms with E-state index >= 15 is 0 Å². The molecule has 2 aromatic carbocycles. The largest absolute Gasteiger partial charge is 0.484 e. The van der Waals surface area contributed by atoms with Crippen LogP contribution >= 0.6 is 0 Å². The van der Waals surface area contributed by atoms with E-state index < -0.39 is 0 Å². The van der Waals surface area contributed by atoms with E-state index in [0.29, 0.717) is 17.4 Å². The Morgan fingerprint density at radius 1 is 1.04 bits per heavy atom. The lowest BCUT2D eigenvalue weighted by atomic mass is 10.1. The number of hydrogen-bond donors (Lipinski definition) is 0. The number of nitrogens with zero attached hydrogens (tertiary/aromatic N) is 2. The van der Waals surface area contributed by atoms with Gasteiger partial charge in [-0.1, -0.05) is 24.3 Å². The van der Waals surface area contributed by atoms with Crippen molar-refractivity contribution in [3.63, 3.8) is 0 Å². The summed E-state index contributed by atoms with van der Waals surface area (Å²) in [5.74, 6) is 1.77. The molecular weight excluding hydrogens is 340 g/mol. The summed E-state index contributed by atoms with van der Waals surface area (Å²) in [5, 5.41) is 0. The van der Waals surface area contributed by atoms with E-state index in [-0.39, 0.29) is 18.6 Å². The monoisotopic (exact) mass is 360 g/mol. The van der Waals surface area contributed by atoms with Gasteiger partial charge in [-0.25, -0.2) is 4.98 Å². The van der Waals surface area contributed by atoms with Crippen LogP contribution in [0.2, 0.25) is 0 Å². The van der Waals surface area contributed by atoms with Gasteiger partial charge in [0.1, 0.15) is 11.5 Å². The Morgan fingerprint density at radius 3 is 2.56 bits per heavy atom. The van der Waals surface area contributed by atoms with Crippen molar-refractivity contribution in [2.24, 2.45) is 0 Å². The molecule has 3 aromatic rings. The van der Waals surface area contributed by atoms with Gasteiger partial charge in [0.15, 0.2) is 6.61 Å². The lowest BCUT2D eigenvalue weighted by Crippen LogP contribution is -2.39. The lowest BCUT2D eigenvalue weighted by Gasteiger charge is -2.22. The van der Waals surface area contributed by atoms with Crippen molar-refractivity contribution in [3.8, 4) is 17.4 Å². The van der Waals surface area contributed by atoms with Crippen LogP contribution in [0.3, 0.4) is 0 Å². The second-order valence-electron chi connectivity index (χ2n) is 6.48. The van der Waals surface area contributed by atoms with Crippen LogP contribution in [0.25, 0.3) is 0 Å². The molecule has 0 fully saturated rings. The molecule has 5 heteroatoms. The summed E-state index contributed by atoms with van der Waals surface area (Å²) >= 11 is 0. The normalized spacial score (nSPS) is 15.3. The average Bonchev–Trinajstić information content (AvgIpc) is 3.04. The topological polar surface area (TPSA) is 51.7 Å². The Labute approximate surface area is 158 Å². The second-order valence-corrected chi connectivity index (χ2v) is 6.48. The summed E-state index contributed by atoms with van der Waals surface area (Å²) in [6, 6.07) is 20.8. The molecule has 2 heterocycles. The minimum atomic E-state index is -0.0405. The third-order valence-corrected chi connectivity index (χ3v) is 4.52. The Balaban J connectivity index is 1.37. The third kappa shape index (κ3) is 3.77. The zero-order valence-electron chi connectivity index (χ0n) is 15.0. The van der Waals surface area contributed by atoms with Gasteiger partial charge in [0.25, 0.3) is 5.91 Å². The van der Waals surface area contributed by atoms with E-state index in [1.54, 1.807) is 36.5 Å². The molecule has 0 radical (unpaired) electrons. The van der Waals surface area contributed by atoms with Gasteiger partial charge in [-0.3, -0.25) is 4.79 Å². The number of rotatable bonds is 5. The van der Waals surface area contributed by atoms with Crippen molar-refractivity contribution >= 4 is 11.6 Å². The molecule has 0 saturated carbocycles. The molecule has 27 heavy (non-hydrogen) atoms. The predicted molar refractivity (Wildman–Crippen MR) is 103 cm³/mol. The molecule has 4 rings (SSSR count). The maximum Gasteiger partial charge on any atom is 0.265 e. The van der Waals surface area contributed by atoms with Gasteiger partial charge in [0.05, 0.1) is 0 Å². The van der Waals surface area contributed by atoms with E-state index in [1.165, 1.54) is 5.56 Å². The van der Waals surface area contributed by atoms with Gasteiger partial charge >= 0.3 is 0 Å². The Morgan fingerprint density at radius 2 is 1.78 bits per heavy atom. The van der Waals surface area contributed by atoms with Crippen LogP contribution in [-0.2, 0) is 11.2 Å².